The monoisotopic (exact) mass is 339 g/mol. The summed E-state index contributed by atoms with van der Waals surface area (Å²) in [5.41, 5.74) is 0.516. The number of anilines is 1. The predicted molar refractivity (Wildman–Crippen MR) is 85.3 cm³/mol. The number of amides is 2. The molecule has 3 rings (SSSR count). The maximum absolute atomic E-state index is 12.4. The highest BCUT2D eigenvalue weighted by atomic mass is 35.5. The second-order valence-corrected chi connectivity index (χ2v) is 5.94. The zero-order chi connectivity index (χ0) is 15.5. The number of likely N-dealkylation sites (tertiary alicyclic amines) is 1. The fourth-order valence-electron chi connectivity index (χ4n) is 2.56. The summed E-state index contributed by atoms with van der Waals surface area (Å²) in [7, 11) is 0. The molecule has 0 spiro atoms. The van der Waals surface area contributed by atoms with Crippen LogP contribution in [0.25, 0.3) is 0 Å². The number of rotatable bonds is 2. The lowest BCUT2D eigenvalue weighted by Crippen LogP contribution is -2.43. The smallest absolute Gasteiger partial charge is 0.321 e. The highest BCUT2D eigenvalue weighted by molar-refractivity contribution is 6.43. The highest BCUT2D eigenvalue weighted by Gasteiger charge is 2.25. The maximum atomic E-state index is 12.4. The van der Waals surface area contributed by atoms with Gasteiger partial charge in [-0.1, -0.05) is 34.5 Å². The van der Waals surface area contributed by atoms with Gasteiger partial charge in [0, 0.05) is 19.3 Å². The number of piperidine rings is 1. The van der Waals surface area contributed by atoms with Crippen molar-refractivity contribution in [3.63, 3.8) is 0 Å². The molecule has 6 nitrogen and oxygen atoms in total. The molecule has 1 fully saturated rings. The van der Waals surface area contributed by atoms with Gasteiger partial charge >= 0.3 is 6.03 Å². The van der Waals surface area contributed by atoms with Crippen LogP contribution >= 0.6 is 23.2 Å². The molecule has 1 atom stereocenters. The molecule has 2 aromatic rings. The fraction of sp³-hybridized carbons (Fsp3) is 0.357. The number of carbonyl (C=O) groups excluding carboxylic acids is 1. The predicted octanol–water partition coefficient (Wildman–Crippen LogP) is 3.45. The van der Waals surface area contributed by atoms with Gasteiger partial charge in [0.2, 0.25) is 0 Å². The van der Waals surface area contributed by atoms with E-state index in [1.165, 1.54) is 0 Å². The SMILES string of the molecule is O=C(Nc1cccc(Cl)c1Cl)N1CCC[C@@H](n2ccnn2)C1. The molecule has 1 aliphatic heterocycles. The van der Waals surface area contributed by atoms with Crippen molar-refractivity contribution in [1.82, 2.24) is 19.9 Å². The number of nitrogens with one attached hydrogen (secondary N) is 1. The van der Waals surface area contributed by atoms with Crippen LogP contribution in [0.1, 0.15) is 18.9 Å². The van der Waals surface area contributed by atoms with Crippen molar-refractivity contribution < 1.29 is 4.79 Å². The van der Waals surface area contributed by atoms with Crippen molar-refractivity contribution in [2.75, 3.05) is 18.4 Å². The third-order valence-corrected chi connectivity index (χ3v) is 4.51. The van der Waals surface area contributed by atoms with Crippen LogP contribution in [0.4, 0.5) is 10.5 Å². The molecule has 22 heavy (non-hydrogen) atoms. The Balaban J connectivity index is 1.68. The largest absolute Gasteiger partial charge is 0.322 e. The molecular weight excluding hydrogens is 325 g/mol. The average Bonchev–Trinajstić information content (AvgIpc) is 3.06. The van der Waals surface area contributed by atoms with Crippen molar-refractivity contribution in [3.8, 4) is 0 Å². The van der Waals surface area contributed by atoms with Crippen molar-refractivity contribution in [1.29, 1.82) is 0 Å². The molecule has 8 heteroatoms. The van der Waals surface area contributed by atoms with Gasteiger partial charge in [-0.3, -0.25) is 0 Å². The van der Waals surface area contributed by atoms with Gasteiger partial charge in [0.25, 0.3) is 0 Å². The Bertz CT molecular complexity index is 661. The summed E-state index contributed by atoms with van der Waals surface area (Å²) in [4.78, 5) is 14.2. The third kappa shape index (κ3) is 3.18. The number of hydrogen-bond donors (Lipinski definition) is 1. The minimum Gasteiger partial charge on any atom is -0.322 e. The molecule has 1 N–H and O–H groups in total. The first-order chi connectivity index (χ1) is 10.6. The van der Waals surface area contributed by atoms with Gasteiger partial charge in [0.1, 0.15) is 0 Å². The van der Waals surface area contributed by atoms with E-state index < -0.39 is 0 Å². The number of carbonyl (C=O) groups is 1. The minimum atomic E-state index is -0.186. The molecule has 0 unspecified atom stereocenters. The van der Waals surface area contributed by atoms with Gasteiger partial charge in [-0.05, 0) is 25.0 Å². The van der Waals surface area contributed by atoms with Gasteiger partial charge < -0.3 is 10.2 Å². The highest BCUT2D eigenvalue weighted by Crippen LogP contribution is 2.30. The number of hydrogen-bond acceptors (Lipinski definition) is 3. The van der Waals surface area contributed by atoms with E-state index in [4.69, 9.17) is 23.2 Å². The lowest BCUT2D eigenvalue weighted by atomic mass is 10.1. The van der Waals surface area contributed by atoms with Crippen LogP contribution in [-0.4, -0.2) is 39.0 Å². The molecule has 1 saturated heterocycles. The Kier molecular flexibility index (Phi) is 4.49. The third-order valence-electron chi connectivity index (χ3n) is 3.69. The minimum absolute atomic E-state index is 0.150. The van der Waals surface area contributed by atoms with Crippen LogP contribution in [0.2, 0.25) is 10.0 Å². The van der Waals surface area contributed by atoms with Crippen LogP contribution < -0.4 is 5.32 Å². The maximum Gasteiger partial charge on any atom is 0.321 e. The van der Waals surface area contributed by atoms with Crippen LogP contribution in [0.15, 0.2) is 30.6 Å². The summed E-state index contributed by atoms with van der Waals surface area (Å²) >= 11 is 12.1. The standard InChI is InChI=1S/C14H15Cl2N5O/c15-11-4-1-5-12(13(11)16)18-14(22)20-7-2-3-10(9-20)21-8-6-17-19-21/h1,4-6,8,10H,2-3,7,9H2,(H,18,22)/t10-/m1/s1. The summed E-state index contributed by atoms with van der Waals surface area (Å²) in [5, 5.41) is 11.4. The van der Waals surface area contributed by atoms with Gasteiger partial charge in [0.15, 0.2) is 0 Å². The Morgan fingerprint density at radius 1 is 1.36 bits per heavy atom. The zero-order valence-corrected chi connectivity index (χ0v) is 13.3. The molecule has 2 heterocycles. The summed E-state index contributed by atoms with van der Waals surface area (Å²) in [6.07, 6.45) is 5.36. The first-order valence-corrected chi connectivity index (χ1v) is 7.76. The Morgan fingerprint density at radius 3 is 3.00 bits per heavy atom. The molecule has 0 radical (unpaired) electrons. The van der Waals surface area contributed by atoms with Crippen LogP contribution in [0, 0.1) is 0 Å². The summed E-state index contributed by atoms with van der Waals surface area (Å²) in [6, 6.07) is 5.12. The van der Waals surface area contributed by atoms with E-state index >= 15 is 0 Å². The quantitative estimate of drug-likeness (QED) is 0.911. The molecule has 0 saturated carbocycles. The van der Waals surface area contributed by atoms with E-state index in [0.29, 0.717) is 28.8 Å². The van der Waals surface area contributed by atoms with Gasteiger partial charge in [-0.15, -0.1) is 5.10 Å². The number of urea groups is 1. The zero-order valence-electron chi connectivity index (χ0n) is 11.7. The van der Waals surface area contributed by atoms with E-state index in [9.17, 15) is 4.79 Å². The summed E-state index contributed by atoms with van der Waals surface area (Å²) in [5.74, 6) is 0. The topological polar surface area (TPSA) is 63.1 Å². The van der Waals surface area contributed by atoms with E-state index in [2.05, 4.69) is 15.6 Å². The van der Waals surface area contributed by atoms with Gasteiger partial charge in [-0.25, -0.2) is 9.48 Å². The van der Waals surface area contributed by atoms with Crippen LogP contribution in [0.5, 0.6) is 0 Å². The summed E-state index contributed by atoms with van der Waals surface area (Å²) in [6.45, 7) is 1.29. The van der Waals surface area contributed by atoms with E-state index in [0.717, 1.165) is 12.8 Å². The molecule has 1 aromatic heterocycles. The normalized spacial score (nSPS) is 18.3. The Hall–Kier alpha value is -1.79. The molecule has 1 aromatic carbocycles. The van der Waals surface area contributed by atoms with Gasteiger partial charge in [-0.2, -0.15) is 0 Å². The second-order valence-electron chi connectivity index (χ2n) is 5.16. The number of aromatic nitrogens is 3. The number of benzene rings is 1. The van der Waals surface area contributed by atoms with E-state index in [1.54, 1.807) is 34.0 Å². The lowest BCUT2D eigenvalue weighted by molar-refractivity contribution is 0.174. The second kappa shape index (κ2) is 6.54. The van der Waals surface area contributed by atoms with Gasteiger partial charge in [0.05, 0.1) is 28.0 Å². The molecule has 116 valence electrons. The molecular formula is C14H15Cl2N5O. The van der Waals surface area contributed by atoms with Crippen molar-refractivity contribution in [2.45, 2.75) is 18.9 Å². The number of nitrogens with zero attached hydrogens (tertiary/aromatic N) is 4. The van der Waals surface area contributed by atoms with E-state index in [1.807, 2.05) is 6.20 Å². The molecule has 2 amide bonds. The van der Waals surface area contributed by atoms with Crippen molar-refractivity contribution in [2.24, 2.45) is 0 Å². The average molecular weight is 340 g/mol. The molecule has 0 aliphatic carbocycles. The van der Waals surface area contributed by atoms with Crippen molar-refractivity contribution >= 4 is 34.9 Å². The Labute approximate surface area is 138 Å². The van der Waals surface area contributed by atoms with Crippen LogP contribution in [0.3, 0.4) is 0 Å². The lowest BCUT2D eigenvalue weighted by Gasteiger charge is -2.32. The van der Waals surface area contributed by atoms with Crippen LogP contribution in [-0.2, 0) is 0 Å². The van der Waals surface area contributed by atoms with E-state index in [-0.39, 0.29) is 12.1 Å². The van der Waals surface area contributed by atoms with Crippen molar-refractivity contribution in [3.05, 3.63) is 40.6 Å². The fourth-order valence-corrected chi connectivity index (χ4v) is 2.91. The molecule has 1 aliphatic rings. The molecule has 0 bridgehead atoms. The summed E-state index contributed by atoms with van der Waals surface area (Å²) < 4.78 is 1.80. The first kappa shape index (κ1) is 15.1. The first-order valence-electron chi connectivity index (χ1n) is 7.01. The number of halogens is 2. The Morgan fingerprint density at radius 2 is 2.23 bits per heavy atom.